The van der Waals surface area contributed by atoms with E-state index in [1.54, 1.807) is 41.8 Å². The lowest BCUT2D eigenvalue weighted by Gasteiger charge is -2.13. The van der Waals surface area contributed by atoms with Gasteiger partial charge < -0.3 is 5.32 Å². The third-order valence-electron chi connectivity index (χ3n) is 5.57. The molecule has 0 saturated carbocycles. The summed E-state index contributed by atoms with van der Waals surface area (Å²) >= 11 is 1.25. The maximum absolute atomic E-state index is 13.3. The van der Waals surface area contributed by atoms with Crippen LogP contribution in [0.15, 0.2) is 88.8 Å². The Labute approximate surface area is 204 Å². The van der Waals surface area contributed by atoms with E-state index in [4.69, 9.17) is 5.26 Å². The third kappa shape index (κ3) is 4.39. The maximum atomic E-state index is 13.3. The zero-order chi connectivity index (χ0) is 24.4. The second kappa shape index (κ2) is 9.44. The van der Waals surface area contributed by atoms with Gasteiger partial charge in [0.25, 0.3) is 5.56 Å². The number of para-hydroxylation sites is 1. The van der Waals surface area contributed by atoms with Crippen LogP contribution in [0.2, 0.25) is 0 Å². The van der Waals surface area contributed by atoms with Crippen molar-refractivity contribution in [3.8, 4) is 6.07 Å². The Morgan fingerprint density at radius 1 is 1.06 bits per heavy atom. The number of rotatable bonds is 6. The van der Waals surface area contributed by atoms with Crippen LogP contribution in [-0.4, -0.2) is 30.3 Å². The number of anilines is 1. The first-order chi connectivity index (χ1) is 17.0. The van der Waals surface area contributed by atoms with E-state index in [1.807, 2.05) is 52.9 Å². The first-order valence-electron chi connectivity index (χ1n) is 10.9. The third-order valence-corrected chi connectivity index (χ3v) is 6.62. The second-order valence-electron chi connectivity index (χ2n) is 7.95. The highest BCUT2D eigenvalue weighted by molar-refractivity contribution is 8.00. The molecule has 1 amide bonds. The molecule has 0 aliphatic carbocycles. The topological polar surface area (TPSA) is 105 Å². The predicted molar refractivity (Wildman–Crippen MR) is 135 cm³/mol. The van der Waals surface area contributed by atoms with Crippen LogP contribution in [-0.2, 0) is 11.3 Å². The van der Waals surface area contributed by atoms with E-state index in [0.717, 1.165) is 5.56 Å². The monoisotopic (exact) mass is 480 g/mol. The van der Waals surface area contributed by atoms with Gasteiger partial charge in [0.05, 0.1) is 34.3 Å². The Balaban J connectivity index is 1.52. The van der Waals surface area contributed by atoms with E-state index in [1.165, 1.54) is 11.8 Å². The summed E-state index contributed by atoms with van der Waals surface area (Å²) in [6.45, 7) is 2.12. The molecule has 1 unspecified atom stereocenters. The average Bonchev–Trinajstić information content (AvgIpc) is 3.30. The smallest absolute Gasteiger partial charge is 0.263 e. The van der Waals surface area contributed by atoms with Crippen molar-refractivity contribution in [3.63, 3.8) is 0 Å². The van der Waals surface area contributed by atoms with Gasteiger partial charge in [-0.3, -0.25) is 18.6 Å². The number of nitrogens with one attached hydrogen (secondary N) is 1. The Morgan fingerprint density at radius 3 is 2.63 bits per heavy atom. The molecule has 35 heavy (non-hydrogen) atoms. The molecule has 0 radical (unpaired) electrons. The number of nitrogens with zero attached hydrogens (tertiary/aromatic N) is 5. The van der Waals surface area contributed by atoms with Crippen molar-refractivity contribution in [3.05, 3.63) is 100 Å². The van der Waals surface area contributed by atoms with Crippen molar-refractivity contribution >= 4 is 40.0 Å². The van der Waals surface area contributed by atoms with Gasteiger partial charge in [0.15, 0.2) is 5.16 Å². The summed E-state index contributed by atoms with van der Waals surface area (Å²) < 4.78 is 3.43. The van der Waals surface area contributed by atoms with Crippen molar-refractivity contribution in [2.45, 2.75) is 23.9 Å². The summed E-state index contributed by atoms with van der Waals surface area (Å²) in [7, 11) is 0. The fourth-order valence-electron chi connectivity index (χ4n) is 3.84. The Hall–Kier alpha value is -4.42. The van der Waals surface area contributed by atoms with Crippen molar-refractivity contribution in [2.75, 3.05) is 5.32 Å². The number of amides is 1. The molecule has 0 aliphatic heterocycles. The van der Waals surface area contributed by atoms with Crippen molar-refractivity contribution in [2.24, 2.45) is 0 Å². The molecule has 3 aromatic carbocycles. The van der Waals surface area contributed by atoms with Crippen LogP contribution in [0.25, 0.3) is 16.7 Å². The van der Waals surface area contributed by atoms with Gasteiger partial charge in [-0.05, 0) is 42.8 Å². The number of thioether (sulfide) groups is 1. The van der Waals surface area contributed by atoms with Crippen LogP contribution >= 0.6 is 11.8 Å². The molecule has 0 saturated heterocycles. The molecule has 5 aromatic rings. The highest BCUT2D eigenvalue weighted by Gasteiger charge is 2.22. The molecule has 2 heterocycles. The summed E-state index contributed by atoms with van der Waals surface area (Å²) in [5.74, 6) is 0.179. The molecule has 0 spiro atoms. The van der Waals surface area contributed by atoms with Crippen LogP contribution in [0.1, 0.15) is 18.1 Å². The number of hydrogen-bond acceptors (Lipinski definition) is 6. The van der Waals surface area contributed by atoms with Gasteiger partial charge >= 0.3 is 0 Å². The first kappa shape index (κ1) is 22.4. The molecule has 0 bridgehead atoms. The van der Waals surface area contributed by atoms with E-state index in [-0.39, 0.29) is 11.5 Å². The highest BCUT2D eigenvalue weighted by Crippen LogP contribution is 2.26. The molecule has 2 aromatic heterocycles. The lowest BCUT2D eigenvalue weighted by Crippen LogP contribution is -2.24. The summed E-state index contributed by atoms with van der Waals surface area (Å²) in [6, 6.07) is 25.8. The number of nitriles is 1. The van der Waals surface area contributed by atoms with Gasteiger partial charge in [-0.25, -0.2) is 0 Å². The molecule has 0 aliphatic rings. The largest absolute Gasteiger partial charge is 0.325 e. The standard InChI is InChI=1S/C26H20N6O2S/c1-17(23(33)28-20-11-7-10-19(14-20)15-27)35-26-30-29-25-31(16-18-8-3-2-4-9-18)24(34)21-12-5-6-13-22(21)32(25)26/h2-14,17H,16H2,1H3,(H,28,33). The maximum Gasteiger partial charge on any atom is 0.263 e. The molecule has 1 atom stereocenters. The highest BCUT2D eigenvalue weighted by atomic mass is 32.2. The van der Waals surface area contributed by atoms with Crippen LogP contribution < -0.4 is 10.9 Å². The van der Waals surface area contributed by atoms with Crippen LogP contribution in [0.5, 0.6) is 0 Å². The van der Waals surface area contributed by atoms with E-state index in [2.05, 4.69) is 21.6 Å². The summed E-state index contributed by atoms with van der Waals surface area (Å²) in [5, 5.41) is 21.1. The van der Waals surface area contributed by atoms with Crippen LogP contribution in [0.4, 0.5) is 5.69 Å². The quantitative estimate of drug-likeness (QED) is 0.367. The second-order valence-corrected chi connectivity index (χ2v) is 9.26. The molecular formula is C26H20N6O2S. The van der Waals surface area contributed by atoms with E-state index in [0.29, 0.717) is 39.6 Å². The fourth-order valence-corrected chi connectivity index (χ4v) is 4.70. The van der Waals surface area contributed by atoms with Gasteiger partial charge in [-0.2, -0.15) is 5.26 Å². The molecule has 1 N–H and O–H groups in total. The van der Waals surface area contributed by atoms with Crippen molar-refractivity contribution < 1.29 is 4.79 Å². The van der Waals surface area contributed by atoms with Gasteiger partial charge in [0.1, 0.15) is 0 Å². The number of carbonyl (C=O) groups excluding carboxylic acids is 1. The molecule has 9 heteroatoms. The molecule has 172 valence electrons. The van der Waals surface area contributed by atoms with E-state index >= 15 is 0 Å². The normalized spacial score (nSPS) is 11.9. The van der Waals surface area contributed by atoms with Gasteiger partial charge in [0.2, 0.25) is 11.7 Å². The Morgan fingerprint density at radius 2 is 1.83 bits per heavy atom. The lowest BCUT2D eigenvalue weighted by molar-refractivity contribution is -0.115. The number of carbonyl (C=O) groups is 1. The van der Waals surface area contributed by atoms with E-state index < -0.39 is 5.25 Å². The molecule has 8 nitrogen and oxygen atoms in total. The minimum atomic E-state index is -0.513. The minimum Gasteiger partial charge on any atom is -0.325 e. The average molecular weight is 481 g/mol. The zero-order valence-corrected chi connectivity index (χ0v) is 19.6. The van der Waals surface area contributed by atoms with Crippen molar-refractivity contribution in [1.82, 2.24) is 19.2 Å². The molecule has 0 fully saturated rings. The van der Waals surface area contributed by atoms with Crippen molar-refractivity contribution in [1.29, 1.82) is 5.26 Å². The number of benzene rings is 3. The van der Waals surface area contributed by atoms with Gasteiger partial charge in [-0.1, -0.05) is 60.3 Å². The Bertz CT molecular complexity index is 1650. The molecule has 5 rings (SSSR count). The predicted octanol–water partition coefficient (Wildman–Crippen LogP) is 4.08. The minimum absolute atomic E-state index is 0.149. The Kier molecular flexibility index (Phi) is 6.04. The zero-order valence-electron chi connectivity index (χ0n) is 18.8. The number of aromatic nitrogens is 4. The summed E-state index contributed by atoms with van der Waals surface area (Å²) in [5.41, 5.74) is 2.52. The van der Waals surface area contributed by atoms with Gasteiger partial charge in [0, 0.05) is 5.69 Å². The lowest BCUT2D eigenvalue weighted by atomic mass is 10.2. The number of hydrogen-bond donors (Lipinski definition) is 1. The fraction of sp³-hybridized carbons (Fsp3) is 0.115. The van der Waals surface area contributed by atoms with Crippen LogP contribution in [0, 0.1) is 11.3 Å². The number of fused-ring (bicyclic) bond motifs is 3. The summed E-state index contributed by atoms with van der Waals surface area (Å²) in [4.78, 5) is 26.2. The van der Waals surface area contributed by atoms with Gasteiger partial charge in [-0.15, -0.1) is 10.2 Å². The SMILES string of the molecule is CC(Sc1nnc2n(Cc3ccccc3)c(=O)c3ccccc3n12)C(=O)Nc1cccc(C#N)c1. The van der Waals surface area contributed by atoms with E-state index in [9.17, 15) is 9.59 Å². The molecular weight excluding hydrogens is 460 g/mol. The first-order valence-corrected chi connectivity index (χ1v) is 11.8. The van der Waals surface area contributed by atoms with Crippen LogP contribution in [0.3, 0.4) is 0 Å². The summed E-state index contributed by atoms with van der Waals surface area (Å²) in [6.07, 6.45) is 0.